The fourth-order valence-corrected chi connectivity index (χ4v) is 1.70. The first-order valence-corrected chi connectivity index (χ1v) is 4.26. The van der Waals surface area contributed by atoms with Crippen LogP contribution in [0, 0.1) is 0 Å². The van der Waals surface area contributed by atoms with Crippen molar-refractivity contribution in [1.29, 1.82) is 0 Å². The third kappa shape index (κ3) is 1.33. The lowest BCUT2D eigenvalue weighted by molar-refractivity contribution is 0.291. The van der Waals surface area contributed by atoms with Crippen molar-refractivity contribution in [2.24, 2.45) is 0 Å². The van der Waals surface area contributed by atoms with E-state index >= 15 is 0 Å². The molecule has 0 aromatic rings. The molecule has 0 bridgehead atoms. The number of rotatable bonds is 2. The largest absolute Gasteiger partial charge is 0.359 e. The lowest BCUT2D eigenvalue weighted by Gasteiger charge is -2.02. The van der Waals surface area contributed by atoms with Gasteiger partial charge in [-0.3, -0.25) is 4.57 Å². The highest BCUT2D eigenvalue weighted by Crippen LogP contribution is 2.56. The molecule has 1 saturated heterocycles. The Morgan fingerprint density at radius 2 is 2.22 bits per heavy atom. The summed E-state index contributed by atoms with van der Waals surface area (Å²) < 4.78 is 19.8. The number of ether oxygens (including phenoxy) is 1. The molecule has 3 atom stereocenters. The summed E-state index contributed by atoms with van der Waals surface area (Å²) in [6, 6.07) is 0. The molecule has 1 heterocycles. The quantitative estimate of drug-likeness (QED) is 0.464. The van der Waals surface area contributed by atoms with E-state index in [-0.39, 0.29) is 6.10 Å². The molecule has 0 aromatic heterocycles. The maximum Gasteiger partial charge on any atom is 0.359 e. The third-order valence-corrected chi connectivity index (χ3v) is 2.97. The van der Waals surface area contributed by atoms with Crippen molar-refractivity contribution in [3.8, 4) is 0 Å². The lowest BCUT2D eigenvalue weighted by Crippen LogP contribution is -1.93. The minimum atomic E-state index is -3.41. The molecule has 5 heteroatoms. The van der Waals surface area contributed by atoms with E-state index in [2.05, 4.69) is 4.52 Å². The van der Waals surface area contributed by atoms with Crippen LogP contribution in [-0.4, -0.2) is 24.0 Å². The van der Waals surface area contributed by atoms with Gasteiger partial charge in [0.1, 0.15) is 0 Å². The molecule has 0 spiro atoms. The van der Waals surface area contributed by atoms with Gasteiger partial charge in [-0.05, 0) is 6.92 Å². The molecule has 1 unspecified atom stereocenters. The minimum absolute atomic E-state index is 0.124. The highest BCUT2D eigenvalue weighted by molar-refractivity contribution is 7.53. The summed E-state index contributed by atoms with van der Waals surface area (Å²) in [5, 5.41) is 0. The topological polar surface area (TPSA) is 59.1 Å². The van der Waals surface area contributed by atoms with Gasteiger partial charge in [0.15, 0.2) is 5.85 Å². The van der Waals surface area contributed by atoms with Crippen LogP contribution in [0.15, 0.2) is 0 Å². The fourth-order valence-electron chi connectivity index (χ4n) is 0.621. The summed E-state index contributed by atoms with van der Waals surface area (Å²) in [5.74, 6) is -0.581. The summed E-state index contributed by atoms with van der Waals surface area (Å²) in [6.07, 6.45) is -0.124. The molecule has 0 radical (unpaired) electrons. The fraction of sp³-hybridized carbons (Fsp3) is 1.00. The van der Waals surface area contributed by atoms with Gasteiger partial charge >= 0.3 is 7.60 Å². The van der Waals surface area contributed by atoms with Crippen LogP contribution in [0.2, 0.25) is 0 Å². The summed E-state index contributed by atoms with van der Waals surface area (Å²) >= 11 is 0. The molecule has 1 rings (SSSR count). The molecule has 0 saturated carbocycles. The Kier molecular flexibility index (Phi) is 1.65. The van der Waals surface area contributed by atoms with Crippen LogP contribution in [0.3, 0.4) is 0 Å². The Balaban J connectivity index is 2.52. The second-order valence-electron chi connectivity index (χ2n) is 1.98. The molecule has 0 amide bonds. The number of hydrogen-bond acceptors (Lipinski definition) is 3. The predicted octanol–water partition coefficient (Wildman–Crippen LogP) is 0.563. The van der Waals surface area contributed by atoms with E-state index in [9.17, 15) is 4.57 Å². The van der Waals surface area contributed by atoms with E-state index in [0.29, 0.717) is 0 Å². The van der Waals surface area contributed by atoms with E-state index in [4.69, 9.17) is 9.63 Å². The highest BCUT2D eigenvalue weighted by Gasteiger charge is 2.49. The molecule has 54 valence electrons. The molecule has 9 heavy (non-hydrogen) atoms. The van der Waals surface area contributed by atoms with Crippen molar-refractivity contribution < 1.29 is 18.7 Å². The molecule has 4 nitrogen and oxygen atoms in total. The van der Waals surface area contributed by atoms with Gasteiger partial charge in [-0.2, -0.15) is 0 Å². The van der Waals surface area contributed by atoms with Crippen molar-refractivity contribution >= 4 is 7.60 Å². The van der Waals surface area contributed by atoms with Gasteiger partial charge in [-0.15, -0.1) is 0 Å². The highest BCUT2D eigenvalue weighted by atomic mass is 31.2. The first kappa shape index (κ1) is 7.22. The van der Waals surface area contributed by atoms with Crippen molar-refractivity contribution in [3.05, 3.63) is 0 Å². The van der Waals surface area contributed by atoms with Crippen LogP contribution in [0.25, 0.3) is 0 Å². The van der Waals surface area contributed by atoms with Gasteiger partial charge in [-0.1, -0.05) is 0 Å². The summed E-state index contributed by atoms with van der Waals surface area (Å²) in [5.41, 5.74) is 0. The maximum absolute atomic E-state index is 10.8. The lowest BCUT2D eigenvalue weighted by atomic mass is 10.6. The Hall–Kier alpha value is 0.110. The van der Waals surface area contributed by atoms with Crippen LogP contribution in [0.5, 0.6) is 0 Å². The van der Waals surface area contributed by atoms with E-state index in [1.54, 1.807) is 6.92 Å². The molecule has 1 fully saturated rings. The smallest absolute Gasteiger partial charge is 0.356 e. The third-order valence-electron chi connectivity index (χ3n) is 1.26. The second kappa shape index (κ2) is 2.06. The first-order valence-electron chi connectivity index (χ1n) is 2.61. The average molecular weight is 152 g/mol. The average Bonchev–Trinajstić information content (AvgIpc) is 2.47. The maximum atomic E-state index is 10.8. The Bertz CT molecular complexity index is 157. The molecular formula is C4H9O4P. The summed E-state index contributed by atoms with van der Waals surface area (Å²) in [4.78, 5) is 8.84. The zero-order chi connectivity index (χ0) is 7.07. The van der Waals surface area contributed by atoms with Crippen LogP contribution >= 0.6 is 7.60 Å². The van der Waals surface area contributed by atoms with Crippen LogP contribution in [0.4, 0.5) is 0 Å². The van der Waals surface area contributed by atoms with Gasteiger partial charge in [0, 0.05) is 7.11 Å². The van der Waals surface area contributed by atoms with Crippen molar-refractivity contribution in [1.82, 2.24) is 0 Å². The Labute approximate surface area is 53.3 Å². The van der Waals surface area contributed by atoms with Gasteiger partial charge in [0.05, 0.1) is 6.10 Å². The van der Waals surface area contributed by atoms with Crippen molar-refractivity contribution in [3.63, 3.8) is 0 Å². The van der Waals surface area contributed by atoms with E-state index in [1.165, 1.54) is 7.11 Å². The van der Waals surface area contributed by atoms with E-state index in [1.807, 2.05) is 0 Å². The molecule has 1 aliphatic rings. The standard InChI is InChI=1S/C4H9O4P/c1-3-4(8-3)9(5,6)7-2/h3-4H,1-2H3,(H,5,6)/t3-,4-/m0/s1. The molecule has 1 aliphatic heterocycles. The summed E-state index contributed by atoms with van der Waals surface area (Å²) in [7, 11) is -2.21. The second-order valence-corrected chi connectivity index (χ2v) is 3.98. The zero-order valence-corrected chi connectivity index (χ0v) is 6.17. The predicted molar refractivity (Wildman–Crippen MR) is 31.2 cm³/mol. The number of hydrogen-bond donors (Lipinski definition) is 1. The van der Waals surface area contributed by atoms with Gasteiger partial charge in [0.2, 0.25) is 0 Å². The first-order chi connectivity index (χ1) is 4.08. The minimum Gasteiger partial charge on any atom is -0.356 e. The Morgan fingerprint density at radius 1 is 1.78 bits per heavy atom. The van der Waals surface area contributed by atoms with Crippen LogP contribution in [0.1, 0.15) is 6.92 Å². The van der Waals surface area contributed by atoms with Gasteiger partial charge < -0.3 is 14.2 Å². The summed E-state index contributed by atoms with van der Waals surface area (Å²) in [6.45, 7) is 1.73. The van der Waals surface area contributed by atoms with Crippen molar-refractivity contribution in [2.75, 3.05) is 7.11 Å². The number of epoxide rings is 1. The zero-order valence-electron chi connectivity index (χ0n) is 5.27. The molecule has 0 aromatic carbocycles. The van der Waals surface area contributed by atoms with E-state index in [0.717, 1.165) is 0 Å². The Morgan fingerprint density at radius 3 is 2.33 bits per heavy atom. The van der Waals surface area contributed by atoms with Gasteiger partial charge in [0.25, 0.3) is 0 Å². The molecule has 1 N–H and O–H groups in total. The monoisotopic (exact) mass is 152 g/mol. The van der Waals surface area contributed by atoms with Crippen LogP contribution in [-0.2, 0) is 13.8 Å². The molecule has 0 aliphatic carbocycles. The van der Waals surface area contributed by atoms with Gasteiger partial charge in [-0.25, -0.2) is 0 Å². The normalized spacial score (nSPS) is 39.9. The van der Waals surface area contributed by atoms with E-state index < -0.39 is 13.4 Å². The van der Waals surface area contributed by atoms with Crippen molar-refractivity contribution in [2.45, 2.75) is 18.9 Å². The molecular weight excluding hydrogens is 143 g/mol. The SMILES string of the molecule is COP(=O)(O)[C@@H]1O[C@H]1C. The van der Waals surface area contributed by atoms with Crippen LogP contribution < -0.4 is 0 Å².